The molecule has 9 heteroatoms. The van der Waals surface area contributed by atoms with Gasteiger partial charge in [-0.1, -0.05) is 29.8 Å². The van der Waals surface area contributed by atoms with Crippen molar-refractivity contribution in [3.05, 3.63) is 78.6 Å². The van der Waals surface area contributed by atoms with E-state index in [1.54, 1.807) is 24.7 Å². The van der Waals surface area contributed by atoms with Gasteiger partial charge in [-0.05, 0) is 37.6 Å². The van der Waals surface area contributed by atoms with E-state index >= 15 is 0 Å². The number of carbonyl (C=O) groups is 1. The molecule has 1 amide bonds. The van der Waals surface area contributed by atoms with E-state index in [1.807, 2.05) is 17.7 Å². The van der Waals surface area contributed by atoms with Crippen LogP contribution in [-0.2, 0) is 21.4 Å². The number of halogens is 1. The van der Waals surface area contributed by atoms with Crippen molar-refractivity contribution in [3.63, 3.8) is 0 Å². The third kappa shape index (κ3) is 5.24. The number of aryl methyl sites for hydroxylation is 2. The Morgan fingerprint density at radius 2 is 1.90 bits per heavy atom. The van der Waals surface area contributed by atoms with Crippen LogP contribution in [0.5, 0.6) is 0 Å². The normalized spacial score (nSPS) is 11.3. The SMILES string of the molecule is Cc1ccc(S(=O)(=O)N(CC(=O)NCCCn2ccnc2)c2ccccc2F)cc1. The predicted octanol–water partition coefficient (Wildman–Crippen LogP) is 2.73. The maximum atomic E-state index is 14.4. The number of benzene rings is 2. The van der Waals surface area contributed by atoms with Gasteiger partial charge in [-0.2, -0.15) is 0 Å². The van der Waals surface area contributed by atoms with Crippen LogP contribution in [0.15, 0.2) is 72.1 Å². The van der Waals surface area contributed by atoms with Crippen LogP contribution in [0.3, 0.4) is 0 Å². The fourth-order valence-corrected chi connectivity index (χ4v) is 4.31. The molecule has 7 nitrogen and oxygen atoms in total. The van der Waals surface area contributed by atoms with Crippen LogP contribution in [0.1, 0.15) is 12.0 Å². The zero-order valence-corrected chi connectivity index (χ0v) is 17.3. The second-order valence-electron chi connectivity index (χ2n) is 6.78. The number of hydrogen-bond acceptors (Lipinski definition) is 4. The number of nitrogens with zero attached hydrogens (tertiary/aromatic N) is 3. The van der Waals surface area contributed by atoms with Gasteiger partial charge in [-0.3, -0.25) is 9.10 Å². The minimum Gasteiger partial charge on any atom is -0.354 e. The molecule has 2 aromatic carbocycles. The van der Waals surface area contributed by atoms with Crippen molar-refractivity contribution < 1.29 is 17.6 Å². The summed E-state index contributed by atoms with van der Waals surface area (Å²) in [5, 5.41) is 2.70. The van der Waals surface area contributed by atoms with E-state index in [1.165, 1.54) is 30.3 Å². The maximum Gasteiger partial charge on any atom is 0.264 e. The molecular formula is C21H23FN4O3S. The minimum atomic E-state index is -4.13. The fraction of sp³-hybridized carbons (Fsp3) is 0.238. The average molecular weight is 431 g/mol. The van der Waals surface area contributed by atoms with Gasteiger partial charge in [0.15, 0.2) is 0 Å². The third-order valence-corrected chi connectivity index (χ3v) is 6.27. The van der Waals surface area contributed by atoms with Crippen molar-refractivity contribution in [2.45, 2.75) is 24.8 Å². The molecule has 0 aliphatic heterocycles. The van der Waals surface area contributed by atoms with E-state index in [9.17, 15) is 17.6 Å². The highest BCUT2D eigenvalue weighted by Crippen LogP contribution is 2.26. The zero-order valence-electron chi connectivity index (χ0n) is 16.5. The van der Waals surface area contributed by atoms with Gasteiger partial charge in [-0.25, -0.2) is 17.8 Å². The van der Waals surface area contributed by atoms with Gasteiger partial charge in [0.05, 0.1) is 16.9 Å². The maximum absolute atomic E-state index is 14.4. The molecular weight excluding hydrogens is 407 g/mol. The van der Waals surface area contributed by atoms with E-state index in [0.717, 1.165) is 15.9 Å². The van der Waals surface area contributed by atoms with Crippen molar-refractivity contribution in [3.8, 4) is 0 Å². The van der Waals surface area contributed by atoms with Gasteiger partial charge in [0.2, 0.25) is 5.91 Å². The summed E-state index contributed by atoms with van der Waals surface area (Å²) in [6.45, 7) is 2.33. The predicted molar refractivity (Wildman–Crippen MR) is 112 cm³/mol. The number of sulfonamides is 1. The van der Waals surface area contributed by atoms with E-state index in [0.29, 0.717) is 19.5 Å². The van der Waals surface area contributed by atoms with E-state index < -0.39 is 28.3 Å². The molecule has 0 fully saturated rings. The number of amides is 1. The summed E-state index contributed by atoms with van der Waals surface area (Å²) in [7, 11) is -4.13. The second-order valence-corrected chi connectivity index (χ2v) is 8.64. The van der Waals surface area contributed by atoms with Crippen LogP contribution < -0.4 is 9.62 Å². The molecule has 30 heavy (non-hydrogen) atoms. The van der Waals surface area contributed by atoms with Crippen molar-refractivity contribution in [1.29, 1.82) is 0 Å². The molecule has 1 aromatic heterocycles. The lowest BCUT2D eigenvalue weighted by Crippen LogP contribution is -2.41. The lowest BCUT2D eigenvalue weighted by atomic mass is 10.2. The zero-order chi connectivity index (χ0) is 21.6. The summed E-state index contributed by atoms with van der Waals surface area (Å²) in [4.78, 5) is 16.4. The van der Waals surface area contributed by atoms with Gasteiger partial charge in [0, 0.05) is 25.5 Å². The first-order valence-corrected chi connectivity index (χ1v) is 10.9. The average Bonchev–Trinajstić information content (AvgIpc) is 3.24. The monoisotopic (exact) mass is 430 g/mol. The first kappa shape index (κ1) is 21.5. The molecule has 0 saturated heterocycles. The number of hydrogen-bond donors (Lipinski definition) is 1. The van der Waals surface area contributed by atoms with Gasteiger partial charge >= 0.3 is 0 Å². The number of carbonyl (C=O) groups excluding carboxylic acids is 1. The van der Waals surface area contributed by atoms with Gasteiger partial charge in [0.25, 0.3) is 10.0 Å². The Morgan fingerprint density at radius 1 is 1.17 bits per heavy atom. The van der Waals surface area contributed by atoms with Crippen LogP contribution in [0.4, 0.5) is 10.1 Å². The van der Waals surface area contributed by atoms with E-state index in [-0.39, 0.29) is 10.6 Å². The van der Waals surface area contributed by atoms with E-state index in [4.69, 9.17) is 0 Å². The summed E-state index contributed by atoms with van der Waals surface area (Å²) in [5.41, 5.74) is 0.716. The minimum absolute atomic E-state index is 0.00994. The number of aromatic nitrogens is 2. The summed E-state index contributed by atoms with van der Waals surface area (Å²) >= 11 is 0. The van der Waals surface area contributed by atoms with E-state index in [2.05, 4.69) is 10.3 Å². The summed E-state index contributed by atoms with van der Waals surface area (Å²) < 4.78 is 43.5. The molecule has 0 bridgehead atoms. The number of rotatable bonds is 9. The smallest absolute Gasteiger partial charge is 0.264 e. The molecule has 3 rings (SSSR count). The number of imidazole rings is 1. The molecule has 3 aromatic rings. The molecule has 1 N–H and O–H groups in total. The highest BCUT2D eigenvalue weighted by atomic mass is 32.2. The van der Waals surface area contributed by atoms with Crippen molar-refractivity contribution in [1.82, 2.24) is 14.9 Å². The first-order valence-electron chi connectivity index (χ1n) is 9.44. The molecule has 158 valence electrons. The van der Waals surface area contributed by atoms with Crippen molar-refractivity contribution in [2.75, 3.05) is 17.4 Å². The lowest BCUT2D eigenvalue weighted by Gasteiger charge is -2.24. The Morgan fingerprint density at radius 3 is 2.57 bits per heavy atom. The molecule has 0 saturated carbocycles. The Labute approximate surface area is 175 Å². The topological polar surface area (TPSA) is 84.3 Å². The van der Waals surface area contributed by atoms with Crippen LogP contribution in [0.25, 0.3) is 0 Å². The summed E-state index contributed by atoms with van der Waals surface area (Å²) in [6.07, 6.45) is 5.80. The summed E-state index contributed by atoms with van der Waals surface area (Å²) in [5.74, 6) is -1.24. The first-order chi connectivity index (χ1) is 14.4. The highest BCUT2D eigenvalue weighted by molar-refractivity contribution is 7.92. The lowest BCUT2D eigenvalue weighted by molar-refractivity contribution is -0.119. The Bertz CT molecular complexity index is 1080. The van der Waals surface area contributed by atoms with Crippen molar-refractivity contribution >= 4 is 21.6 Å². The molecule has 0 aliphatic carbocycles. The number of nitrogens with one attached hydrogen (secondary N) is 1. The third-order valence-electron chi connectivity index (χ3n) is 4.49. The molecule has 1 heterocycles. The molecule has 0 spiro atoms. The number of para-hydroxylation sites is 1. The summed E-state index contributed by atoms with van der Waals surface area (Å²) in [6, 6.07) is 11.7. The quantitative estimate of drug-likeness (QED) is 0.529. The van der Waals surface area contributed by atoms with Gasteiger partial charge in [0.1, 0.15) is 12.4 Å². The standard InChI is InChI=1S/C21H23FN4O3S/c1-17-7-9-18(10-8-17)30(28,29)26(20-6-3-2-5-19(20)22)15-21(27)24-11-4-13-25-14-12-23-16-25/h2-3,5-10,12,14,16H,4,11,13,15H2,1H3,(H,24,27). The Kier molecular flexibility index (Phi) is 6.83. The Balaban J connectivity index is 1.75. The Hall–Kier alpha value is -3.20. The van der Waals surface area contributed by atoms with Gasteiger partial charge in [-0.15, -0.1) is 0 Å². The molecule has 0 unspecified atom stereocenters. The molecule has 0 radical (unpaired) electrons. The van der Waals surface area contributed by atoms with Crippen LogP contribution in [0, 0.1) is 12.7 Å². The van der Waals surface area contributed by atoms with Gasteiger partial charge < -0.3 is 9.88 Å². The molecule has 0 aliphatic rings. The fourth-order valence-electron chi connectivity index (χ4n) is 2.89. The van der Waals surface area contributed by atoms with Crippen LogP contribution in [-0.4, -0.2) is 37.0 Å². The largest absolute Gasteiger partial charge is 0.354 e. The second kappa shape index (κ2) is 9.53. The van der Waals surface area contributed by atoms with Crippen LogP contribution in [0.2, 0.25) is 0 Å². The molecule has 0 atom stereocenters. The van der Waals surface area contributed by atoms with Crippen molar-refractivity contribution in [2.24, 2.45) is 0 Å². The van der Waals surface area contributed by atoms with Crippen LogP contribution >= 0.6 is 0 Å². The highest BCUT2D eigenvalue weighted by Gasteiger charge is 2.28. The number of anilines is 1.